The van der Waals surface area contributed by atoms with Crippen molar-refractivity contribution in [1.29, 1.82) is 0 Å². The molecule has 2 fully saturated rings. The van der Waals surface area contributed by atoms with E-state index in [1.165, 1.54) is 0 Å². The van der Waals surface area contributed by atoms with Gasteiger partial charge in [0.25, 0.3) is 16.8 Å². The van der Waals surface area contributed by atoms with E-state index < -0.39 is 0 Å². The highest BCUT2D eigenvalue weighted by Gasteiger charge is 2.51. The minimum absolute atomic E-state index is 0.00174. The molecule has 5 unspecified atom stereocenters. The van der Waals surface area contributed by atoms with Gasteiger partial charge in [-0.2, -0.15) is 0 Å². The summed E-state index contributed by atoms with van der Waals surface area (Å²) in [7, 11) is 0. The van der Waals surface area contributed by atoms with E-state index in [-0.39, 0.29) is 63.3 Å². The maximum atomic E-state index is 14.5. The molecular formula is C31H31N5O5. The Balaban J connectivity index is 1.18. The Kier molecular flexibility index (Phi) is 5.33. The fraction of sp³-hybridized carbons (Fsp3) is 0.452. The van der Waals surface area contributed by atoms with Crippen molar-refractivity contribution in [3.63, 3.8) is 0 Å². The third kappa shape index (κ3) is 3.72. The van der Waals surface area contributed by atoms with Crippen molar-refractivity contribution in [3.8, 4) is 0 Å². The van der Waals surface area contributed by atoms with E-state index in [4.69, 9.17) is 0 Å². The predicted octanol–water partition coefficient (Wildman–Crippen LogP) is 2.73. The summed E-state index contributed by atoms with van der Waals surface area (Å²) < 4.78 is 3.76. The van der Waals surface area contributed by atoms with Gasteiger partial charge in [-0.1, -0.05) is 12.1 Å². The molecule has 1 aromatic carbocycles. The first-order chi connectivity index (χ1) is 19.9. The van der Waals surface area contributed by atoms with Crippen LogP contribution in [0.5, 0.6) is 0 Å². The number of amides is 1. The monoisotopic (exact) mass is 553 g/mol. The van der Waals surface area contributed by atoms with Gasteiger partial charge < -0.3 is 18.9 Å². The lowest BCUT2D eigenvalue weighted by Crippen LogP contribution is -2.62. The summed E-state index contributed by atoms with van der Waals surface area (Å²) in [5, 5.41) is 11.7. The van der Waals surface area contributed by atoms with E-state index in [0.29, 0.717) is 39.1 Å². The van der Waals surface area contributed by atoms with Gasteiger partial charge in [-0.15, -0.1) is 0 Å². The molecule has 210 valence electrons. The zero-order valence-electron chi connectivity index (χ0n) is 22.6. The fourth-order valence-electron chi connectivity index (χ4n) is 8.75. The van der Waals surface area contributed by atoms with Gasteiger partial charge in [0.15, 0.2) is 0 Å². The maximum Gasteiger partial charge on any atom is 0.269 e. The number of rotatable bonds is 2. The van der Waals surface area contributed by atoms with E-state index in [2.05, 4.69) is 4.90 Å². The molecular weight excluding hydrogens is 522 g/mol. The lowest BCUT2D eigenvalue weighted by Gasteiger charge is -2.55. The Morgan fingerprint density at radius 1 is 0.829 bits per heavy atom. The number of nitro groups is 1. The second kappa shape index (κ2) is 8.89. The van der Waals surface area contributed by atoms with Gasteiger partial charge in [0.1, 0.15) is 0 Å². The zero-order valence-corrected chi connectivity index (χ0v) is 22.6. The lowest BCUT2D eigenvalue weighted by atomic mass is 9.69. The second-order valence-electron chi connectivity index (χ2n) is 12.6. The Hall–Kier alpha value is -4.21. The summed E-state index contributed by atoms with van der Waals surface area (Å²) in [5.74, 6) is 0.317. The second-order valence-corrected chi connectivity index (χ2v) is 12.6. The van der Waals surface area contributed by atoms with Crippen LogP contribution in [-0.4, -0.2) is 50.5 Å². The minimum Gasteiger partial charge on any atom is -0.366 e. The van der Waals surface area contributed by atoms with E-state index >= 15 is 0 Å². The van der Waals surface area contributed by atoms with Crippen LogP contribution in [0.25, 0.3) is 0 Å². The highest BCUT2D eigenvalue weighted by molar-refractivity contribution is 5.83. The van der Waals surface area contributed by atoms with Crippen LogP contribution in [0.1, 0.15) is 41.6 Å². The number of hydrogen-bond donors (Lipinski definition) is 0. The number of pyridine rings is 2. The highest BCUT2D eigenvalue weighted by Crippen LogP contribution is 2.48. The van der Waals surface area contributed by atoms with E-state index in [1.807, 2.05) is 38.3 Å². The molecule has 5 aliphatic rings. The molecule has 4 bridgehead atoms. The summed E-state index contributed by atoms with van der Waals surface area (Å²) in [5.41, 5.74) is 3.89. The number of likely N-dealkylation sites (tertiary alicyclic amines) is 1. The quantitative estimate of drug-likeness (QED) is 0.357. The number of carbonyl (C=O) groups is 1. The molecule has 6 atom stereocenters. The van der Waals surface area contributed by atoms with Crippen LogP contribution in [0, 0.1) is 27.9 Å². The van der Waals surface area contributed by atoms with Crippen molar-refractivity contribution < 1.29 is 9.72 Å². The van der Waals surface area contributed by atoms with Crippen molar-refractivity contribution in [2.24, 2.45) is 17.8 Å². The summed E-state index contributed by atoms with van der Waals surface area (Å²) in [6, 6.07) is 15.8. The first kappa shape index (κ1) is 24.6. The Bertz CT molecular complexity index is 1730. The van der Waals surface area contributed by atoms with Crippen molar-refractivity contribution in [1.82, 2.24) is 14.0 Å². The van der Waals surface area contributed by atoms with Gasteiger partial charge in [0.05, 0.1) is 10.8 Å². The third-order valence-electron chi connectivity index (χ3n) is 10.3. The molecule has 10 nitrogen and oxygen atoms in total. The van der Waals surface area contributed by atoms with Gasteiger partial charge in [0, 0.05) is 91.9 Å². The standard InChI is InChI=1S/C31H31N5O5/c37-28-5-1-3-25-20-9-18(14-33(25)28)13-32(15-20)31(39)24-12-19-11-23(36(40)41)7-8-27(19)35-16-21-10-22(30(24)35)17-34-26(21)4-2-6-29(34)38/h1-8,11,18,20-22,24,30H,9-10,12-17H2/t18?,20?,21?,22?,24-,30?/m1/s1. The lowest BCUT2D eigenvalue weighted by molar-refractivity contribution is -0.384. The fourth-order valence-corrected chi connectivity index (χ4v) is 8.75. The molecule has 2 saturated heterocycles. The SMILES string of the molecule is O=C([C@@H]1Cc2cc([N+](=O)[O-])ccc2N2CC3CC(Cn4c3cccc4=O)C12)N1CC2CC(C1)c1cccc(=O)n1C2. The predicted molar refractivity (Wildman–Crippen MR) is 151 cm³/mol. The molecule has 10 heteroatoms. The van der Waals surface area contributed by atoms with Crippen LogP contribution in [0.3, 0.4) is 0 Å². The van der Waals surface area contributed by atoms with Crippen LogP contribution in [-0.2, 0) is 24.3 Å². The molecule has 0 N–H and O–H groups in total. The van der Waals surface area contributed by atoms with Crippen molar-refractivity contribution in [2.75, 3.05) is 24.5 Å². The van der Waals surface area contributed by atoms with Gasteiger partial charge in [-0.05, 0) is 54.9 Å². The molecule has 1 amide bonds. The normalized spacial score (nSPS) is 29.1. The smallest absolute Gasteiger partial charge is 0.269 e. The molecule has 0 saturated carbocycles. The van der Waals surface area contributed by atoms with Gasteiger partial charge >= 0.3 is 0 Å². The largest absolute Gasteiger partial charge is 0.366 e. The number of piperidine rings is 2. The van der Waals surface area contributed by atoms with Crippen LogP contribution in [0.15, 0.2) is 64.2 Å². The first-order valence-electron chi connectivity index (χ1n) is 14.6. The number of benzene rings is 1. The maximum absolute atomic E-state index is 14.5. The zero-order chi connectivity index (χ0) is 28.0. The van der Waals surface area contributed by atoms with Gasteiger partial charge in [-0.3, -0.25) is 24.5 Å². The molecule has 7 heterocycles. The van der Waals surface area contributed by atoms with Gasteiger partial charge in [-0.25, -0.2) is 0 Å². The number of hydrogen-bond acceptors (Lipinski definition) is 6. The summed E-state index contributed by atoms with van der Waals surface area (Å²) >= 11 is 0. The molecule has 0 aliphatic carbocycles. The number of fused-ring (bicyclic) bond motifs is 12. The van der Waals surface area contributed by atoms with E-state index in [9.17, 15) is 24.5 Å². The minimum atomic E-state index is -0.373. The Labute approximate surface area is 236 Å². The van der Waals surface area contributed by atoms with Crippen LogP contribution >= 0.6 is 0 Å². The third-order valence-corrected chi connectivity index (χ3v) is 10.3. The van der Waals surface area contributed by atoms with Crippen molar-refractivity contribution in [2.45, 2.75) is 50.2 Å². The van der Waals surface area contributed by atoms with E-state index in [1.54, 1.807) is 30.3 Å². The molecule has 2 aromatic heterocycles. The number of aromatic nitrogens is 2. The Morgan fingerprint density at radius 2 is 1.54 bits per heavy atom. The average molecular weight is 554 g/mol. The number of anilines is 1. The first-order valence-corrected chi connectivity index (χ1v) is 14.6. The molecule has 5 aliphatic heterocycles. The summed E-state index contributed by atoms with van der Waals surface area (Å²) in [6.07, 6.45) is 2.32. The molecule has 41 heavy (non-hydrogen) atoms. The van der Waals surface area contributed by atoms with Crippen LogP contribution in [0.2, 0.25) is 0 Å². The molecule has 0 spiro atoms. The van der Waals surface area contributed by atoms with Crippen molar-refractivity contribution in [3.05, 3.63) is 102 Å². The van der Waals surface area contributed by atoms with Gasteiger partial charge in [0.2, 0.25) is 5.91 Å². The number of nitro benzene ring substituents is 1. The van der Waals surface area contributed by atoms with E-state index in [0.717, 1.165) is 35.5 Å². The summed E-state index contributed by atoms with van der Waals surface area (Å²) in [4.78, 5) is 55.5. The van der Waals surface area contributed by atoms with Crippen LogP contribution in [0.4, 0.5) is 11.4 Å². The highest BCUT2D eigenvalue weighted by atomic mass is 16.6. The average Bonchev–Trinajstić information content (AvgIpc) is 2.97. The number of nitrogens with zero attached hydrogens (tertiary/aromatic N) is 5. The number of carbonyl (C=O) groups excluding carboxylic acids is 1. The Morgan fingerprint density at radius 3 is 2.27 bits per heavy atom. The number of non-ortho nitro benzene ring substituents is 1. The molecule has 0 radical (unpaired) electrons. The van der Waals surface area contributed by atoms with Crippen molar-refractivity contribution >= 4 is 17.3 Å². The summed E-state index contributed by atoms with van der Waals surface area (Å²) in [6.45, 7) is 3.03. The molecule has 3 aromatic rings. The van der Waals surface area contributed by atoms with Crippen LogP contribution < -0.4 is 16.0 Å². The topological polar surface area (TPSA) is 111 Å². The molecule has 8 rings (SSSR count).